The highest BCUT2D eigenvalue weighted by Gasteiger charge is 2.19. The number of benzene rings is 1. The number of carbonyl (C=O) groups is 1. The van der Waals surface area contributed by atoms with Crippen LogP contribution in [0, 0.1) is 0 Å². The fourth-order valence-corrected chi connectivity index (χ4v) is 3.03. The van der Waals surface area contributed by atoms with Crippen molar-refractivity contribution in [3.05, 3.63) is 67.4 Å². The molecule has 130 valence electrons. The maximum absolute atomic E-state index is 12.4. The highest BCUT2D eigenvalue weighted by molar-refractivity contribution is 9.10. The Bertz CT molecular complexity index is 944. The molecule has 0 atom stereocenters. The maximum atomic E-state index is 12.4. The molecule has 2 aromatic rings. The smallest absolute Gasteiger partial charge is 0.328 e. The lowest BCUT2D eigenvalue weighted by Crippen LogP contribution is -2.40. The molecule has 0 saturated carbocycles. The van der Waals surface area contributed by atoms with Gasteiger partial charge in [0.15, 0.2) is 0 Å². The van der Waals surface area contributed by atoms with E-state index < -0.39 is 11.2 Å². The molecule has 0 unspecified atom stereocenters. The van der Waals surface area contributed by atoms with Gasteiger partial charge in [0.1, 0.15) is 12.3 Å². The summed E-state index contributed by atoms with van der Waals surface area (Å²) in [6.07, 6.45) is 3.99. The predicted molar refractivity (Wildman–Crippen MR) is 96.3 cm³/mol. The number of H-pyrrole nitrogens is 1. The second-order valence-electron chi connectivity index (χ2n) is 5.73. The van der Waals surface area contributed by atoms with Crippen molar-refractivity contribution in [2.24, 2.45) is 0 Å². The first-order valence-electron chi connectivity index (χ1n) is 7.69. The summed E-state index contributed by atoms with van der Waals surface area (Å²) in [6, 6.07) is 6.95. The molecule has 0 bridgehead atoms. The summed E-state index contributed by atoms with van der Waals surface area (Å²) in [5.74, 6) is 0.0246. The molecule has 0 fully saturated rings. The molecule has 1 aliphatic heterocycles. The molecule has 1 aliphatic rings. The minimum absolute atomic E-state index is 0.128. The molecular formula is C17H16BrN3O4. The van der Waals surface area contributed by atoms with Gasteiger partial charge in [0.2, 0.25) is 5.91 Å². The van der Waals surface area contributed by atoms with Crippen LogP contribution in [0.4, 0.5) is 0 Å². The van der Waals surface area contributed by atoms with Gasteiger partial charge in [-0.05, 0) is 45.6 Å². The number of aromatic amines is 1. The standard InChI is InChI=1S/C17H16BrN3O4/c18-14-9-21(17(25)19-16(14)24)10-15(23)20-7-5-12(6-8-20)11-1-3-13(22)4-2-11/h1-5,9,22H,6-8,10H2,(H,19,24,25). The molecule has 0 spiro atoms. The van der Waals surface area contributed by atoms with Gasteiger partial charge in [0, 0.05) is 19.3 Å². The fraction of sp³-hybridized carbons (Fsp3) is 0.235. The number of halogens is 1. The zero-order valence-corrected chi connectivity index (χ0v) is 14.8. The van der Waals surface area contributed by atoms with E-state index in [0.717, 1.165) is 11.1 Å². The van der Waals surface area contributed by atoms with Gasteiger partial charge >= 0.3 is 5.69 Å². The predicted octanol–water partition coefficient (Wildman–Crippen LogP) is 1.32. The lowest BCUT2D eigenvalue weighted by atomic mass is 9.99. The van der Waals surface area contributed by atoms with Gasteiger partial charge < -0.3 is 10.0 Å². The molecule has 3 rings (SSSR count). The van der Waals surface area contributed by atoms with E-state index in [2.05, 4.69) is 20.9 Å². The lowest BCUT2D eigenvalue weighted by molar-refractivity contribution is -0.131. The first-order valence-corrected chi connectivity index (χ1v) is 8.49. The third kappa shape index (κ3) is 3.90. The number of hydrogen-bond acceptors (Lipinski definition) is 4. The highest BCUT2D eigenvalue weighted by Crippen LogP contribution is 2.24. The SMILES string of the molecule is O=C(Cn1cc(Br)c(=O)[nH]c1=O)N1CC=C(c2ccc(O)cc2)CC1. The third-order valence-electron chi connectivity index (χ3n) is 4.07. The van der Waals surface area contributed by atoms with Crippen molar-refractivity contribution in [1.29, 1.82) is 0 Å². The minimum atomic E-state index is -0.612. The Kier molecular flexibility index (Phi) is 4.89. The molecule has 2 heterocycles. The summed E-state index contributed by atoms with van der Waals surface area (Å²) >= 11 is 3.05. The first-order chi connectivity index (χ1) is 11.9. The van der Waals surface area contributed by atoms with Crippen LogP contribution < -0.4 is 11.2 Å². The van der Waals surface area contributed by atoms with Gasteiger partial charge in [-0.3, -0.25) is 19.1 Å². The van der Waals surface area contributed by atoms with E-state index in [0.29, 0.717) is 19.5 Å². The quantitative estimate of drug-likeness (QED) is 0.804. The molecular weight excluding hydrogens is 390 g/mol. The zero-order chi connectivity index (χ0) is 18.0. The number of aromatic nitrogens is 2. The van der Waals surface area contributed by atoms with Crippen LogP contribution in [0.15, 0.2) is 50.6 Å². The van der Waals surface area contributed by atoms with Crippen molar-refractivity contribution >= 4 is 27.4 Å². The molecule has 8 heteroatoms. The number of phenols is 1. The summed E-state index contributed by atoms with van der Waals surface area (Å²) in [5.41, 5.74) is 1.01. The number of amides is 1. The summed E-state index contributed by atoms with van der Waals surface area (Å²) in [6.45, 7) is 0.871. The molecule has 0 radical (unpaired) electrons. The number of nitrogens with one attached hydrogen (secondary N) is 1. The van der Waals surface area contributed by atoms with Crippen molar-refractivity contribution in [3.63, 3.8) is 0 Å². The summed E-state index contributed by atoms with van der Waals surface area (Å²) in [7, 11) is 0. The minimum Gasteiger partial charge on any atom is -0.508 e. The Morgan fingerprint density at radius 3 is 2.60 bits per heavy atom. The average Bonchev–Trinajstić information content (AvgIpc) is 2.60. The number of phenolic OH excluding ortho intramolecular Hbond substituents is 1. The van der Waals surface area contributed by atoms with Gasteiger partial charge in [0.05, 0.1) is 4.47 Å². The Labute approximate surface area is 151 Å². The fourth-order valence-electron chi connectivity index (χ4n) is 2.68. The maximum Gasteiger partial charge on any atom is 0.328 e. The Balaban J connectivity index is 1.69. The Hall–Kier alpha value is -2.61. The molecule has 0 saturated heterocycles. The van der Waals surface area contributed by atoms with Gasteiger partial charge in [0.25, 0.3) is 5.56 Å². The second kappa shape index (κ2) is 7.10. The van der Waals surface area contributed by atoms with Gasteiger partial charge in [-0.2, -0.15) is 0 Å². The van der Waals surface area contributed by atoms with E-state index >= 15 is 0 Å². The molecule has 1 aromatic carbocycles. The highest BCUT2D eigenvalue weighted by atomic mass is 79.9. The number of nitrogens with zero attached hydrogens (tertiary/aromatic N) is 2. The molecule has 1 amide bonds. The van der Waals surface area contributed by atoms with Gasteiger partial charge in [-0.15, -0.1) is 0 Å². The zero-order valence-electron chi connectivity index (χ0n) is 13.2. The van der Waals surface area contributed by atoms with Crippen LogP contribution in [0.2, 0.25) is 0 Å². The normalized spacial score (nSPS) is 14.3. The van der Waals surface area contributed by atoms with Gasteiger partial charge in [-0.25, -0.2) is 4.79 Å². The van der Waals surface area contributed by atoms with E-state index in [-0.39, 0.29) is 22.7 Å². The van der Waals surface area contributed by atoms with Crippen LogP contribution in [-0.4, -0.2) is 38.6 Å². The third-order valence-corrected chi connectivity index (χ3v) is 4.64. The van der Waals surface area contributed by atoms with Crippen molar-refractivity contribution in [1.82, 2.24) is 14.5 Å². The van der Waals surface area contributed by atoms with E-state index in [1.165, 1.54) is 10.8 Å². The Morgan fingerprint density at radius 1 is 1.24 bits per heavy atom. The van der Waals surface area contributed by atoms with Crippen molar-refractivity contribution in [2.75, 3.05) is 13.1 Å². The summed E-state index contributed by atoms with van der Waals surface area (Å²) < 4.78 is 1.38. The lowest BCUT2D eigenvalue weighted by Gasteiger charge is -2.27. The number of aromatic hydroxyl groups is 1. The van der Waals surface area contributed by atoms with Gasteiger partial charge in [-0.1, -0.05) is 18.2 Å². The topological polar surface area (TPSA) is 95.4 Å². The monoisotopic (exact) mass is 405 g/mol. The first kappa shape index (κ1) is 17.2. The molecule has 1 aromatic heterocycles. The van der Waals surface area contributed by atoms with Crippen molar-refractivity contribution < 1.29 is 9.90 Å². The number of carbonyl (C=O) groups excluding carboxylic acids is 1. The summed E-state index contributed by atoms with van der Waals surface area (Å²) in [5, 5.41) is 9.34. The van der Waals surface area contributed by atoms with Crippen molar-refractivity contribution in [3.8, 4) is 5.75 Å². The van der Waals surface area contributed by atoms with Crippen LogP contribution >= 0.6 is 15.9 Å². The Morgan fingerprint density at radius 2 is 1.96 bits per heavy atom. The number of hydrogen-bond donors (Lipinski definition) is 2. The van der Waals surface area contributed by atoms with E-state index in [9.17, 15) is 19.5 Å². The van der Waals surface area contributed by atoms with E-state index in [4.69, 9.17) is 0 Å². The van der Waals surface area contributed by atoms with E-state index in [1.54, 1.807) is 17.0 Å². The van der Waals surface area contributed by atoms with Crippen LogP contribution in [-0.2, 0) is 11.3 Å². The summed E-state index contributed by atoms with van der Waals surface area (Å²) in [4.78, 5) is 39.3. The van der Waals surface area contributed by atoms with Crippen LogP contribution in [0.3, 0.4) is 0 Å². The number of rotatable bonds is 3. The molecule has 2 N–H and O–H groups in total. The van der Waals surface area contributed by atoms with Crippen LogP contribution in [0.1, 0.15) is 12.0 Å². The second-order valence-corrected chi connectivity index (χ2v) is 6.58. The molecule has 7 nitrogen and oxygen atoms in total. The largest absolute Gasteiger partial charge is 0.508 e. The van der Waals surface area contributed by atoms with E-state index in [1.807, 2.05) is 18.2 Å². The molecule has 0 aliphatic carbocycles. The van der Waals surface area contributed by atoms with Crippen molar-refractivity contribution in [2.45, 2.75) is 13.0 Å². The van der Waals surface area contributed by atoms with Crippen LogP contribution in [0.25, 0.3) is 5.57 Å². The average molecular weight is 406 g/mol. The van der Waals surface area contributed by atoms with Crippen LogP contribution in [0.5, 0.6) is 5.75 Å². The molecule has 25 heavy (non-hydrogen) atoms.